The van der Waals surface area contributed by atoms with Crippen LogP contribution in [-0.2, 0) is 0 Å². The van der Waals surface area contributed by atoms with Crippen molar-refractivity contribution in [2.45, 2.75) is 71.8 Å². The maximum absolute atomic E-state index is 2.40. The van der Waals surface area contributed by atoms with E-state index >= 15 is 0 Å². The molecule has 0 heterocycles. The zero-order valence-corrected chi connectivity index (χ0v) is 9.72. The Morgan fingerprint density at radius 3 is 1.33 bits per heavy atom. The third kappa shape index (κ3) is 3.20. The summed E-state index contributed by atoms with van der Waals surface area (Å²) >= 11 is 0. The first-order chi connectivity index (χ1) is 5.54. The van der Waals surface area contributed by atoms with E-state index in [2.05, 4.69) is 41.5 Å². The van der Waals surface area contributed by atoms with Crippen LogP contribution in [0.4, 0.5) is 0 Å². The normalized spacial score (nSPS) is 16.2. The van der Waals surface area contributed by atoms with Gasteiger partial charge in [-0.15, -0.1) is 0 Å². The SMILES string of the molecule is CCC(C)B(C(C)C)C(C)CC. The van der Waals surface area contributed by atoms with Crippen LogP contribution >= 0.6 is 0 Å². The Hall–Kier alpha value is 0.0649. The minimum Gasteiger partial charge on any atom is -0.0693 e. The summed E-state index contributed by atoms with van der Waals surface area (Å²) in [6, 6.07) is 0. The molecule has 0 amide bonds. The molecule has 2 atom stereocenters. The Morgan fingerprint density at radius 1 is 0.833 bits per heavy atom. The second-order valence-electron chi connectivity index (χ2n) is 4.59. The van der Waals surface area contributed by atoms with Crippen molar-refractivity contribution in [3.8, 4) is 0 Å². The van der Waals surface area contributed by atoms with E-state index in [0.29, 0.717) is 0 Å². The maximum Gasteiger partial charge on any atom is 0.148 e. The van der Waals surface area contributed by atoms with E-state index < -0.39 is 0 Å². The van der Waals surface area contributed by atoms with E-state index in [1.54, 1.807) is 0 Å². The lowest BCUT2D eigenvalue weighted by atomic mass is 9.28. The first-order valence-electron chi connectivity index (χ1n) is 5.54. The van der Waals surface area contributed by atoms with Crippen molar-refractivity contribution in [1.29, 1.82) is 0 Å². The average Bonchev–Trinajstić information content (AvgIpc) is 2.03. The molecule has 0 aromatic rings. The van der Waals surface area contributed by atoms with Crippen LogP contribution in [0.15, 0.2) is 0 Å². The van der Waals surface area contributed by atoms with E-state index in [4.69, 9.17) is 0 Å². The Labute approximate surface area is 79.2 Å². The molecule has 0 aromatic carbocycles. The fourth-order valence-electron chi connectivity index (χ4n) is 2.42. The summed E-state index contributed by atoms with van der Waals surface area (Å²) in [5, 5.41) is 0. The molecule has 0 aliphatic carbocycles. The lowest BCUT2D eigenvalue weighted by molar-refractivity contribution is 0.749. The van der Waals surface area contributed by atoms with Crippen molar-refractivity contribution in [2.75, 3.05) is 0 Å². The van der Waals surface area contributed by atoms with Gasteiger partial charge >= 0.3 is 0 Å². The molecule has 72 valence electrons. The number of hydrogen-bond donors (Lipinski definition) is 0. The largest absolute Gasteiger partial charge is 0.148 e. The Kier molecular flexibility index (Phi) is 5.70. The second-order valence-corrected chi connectivity index (χ2v) is 4.59. The van der Waals surface area contributed by atoms with Crippen LogP contribution in [0.25, 0.3) is 0 Å². The van der Waals surface area contributed by atoms with Gasteiger partial charge in [-0.05, 0) is 0 Å². The van der Waals surface area contributed by atoms with Crippen molar-refractivity contribution >= 4 is 6.71 Å². The highest BCUT2D eigenvalue weighted by Gasteiger charge is 2.28. The molecule has 0 bridgehead atoms. The van der Waals surface area contributed by atoms with E-state index in [0.717, 1.165) is 24.2 Å². The van der Waals surface area contributed by atoms with Crippen LogP contribution in [-0.4, -0.2) is 6.71 Å². The average molecular weight is 168 g/mol. The van der Waals surface area contributed by atoms with Crippen LogP contribution in [0.3, 0.4) is 0 Å². The maximum atomic E-state index is 2.40. The highest BCUT2D eigenvalue weighted by Crippen LogP contribution is 2.33. The molecule has 0 saturated heterocycles. The van der Waals surface area contributed by atoms with Gasteiger partial charge in [0, 0.05) is 0 Å². The Morgan fingerprint density at radius 2 is 1.17 bits per heavy atom. The van der Waals surface area contributed by atoms with Crippen molar-refractivity contribution in [1.82, 2.24) is 0 Å². The van der Waals surface area contributed by atoms with Gasteiger partial charge in [0.15, 0.2) is 0 Å². The summed E-state index contributed by atoms with van der Waals surface area (Å²) in [6.45, 7) is 15.1. The molecule has 0 radical (unpaired) electrons. The predicted molar refractivity (Wildman–Crippen MR) is 60.3 cm³/mol. The van der Waals surface area contributed by atoms with Crippen LogP contribution in [0, 0.1) is 0 Å². The summed E-state index contributed by atoms with van der Waals surface area (Å²) in [5.41, 5.74) is 0. The molecule has 0 spiro atoms. The smallest absolute Gasteiger partial charge is 0.0693 e. The predicted octanol–water partition coefficient (Wildman–Crippen LogP) is 4.49. The van der Waals surface area contributed by atoms with Crippen molar-refractivity contribution in [3.63, 3.8) is 0 Å². The minimum absolute atomic E-state index is 0.842. The third-order valence-electron chi connectivity index (χ3n) is 3.37. The van der Waals surface area contributed by atoms with Gasteiger partial charge in [0.2, 0.25) is 0 Å². The summed E-state index contributed by atoms with van der Waals surface area (Å²) < 4.78 is 0. The van der Waals surface area contributed by atoms with Crippen molar-refractivity contribution in [3.05, 3.63) is 0 Å². The van der Waals surface area contributed by atoms with Crippen LogP contribution in [0.1, 0.15) is 54.4 Å². The molecule has 0 rings (SSSR count). The molecular formula is C11H25B. The van der Waals surface area contributed by atoms with E-state index in [-0.39, 0.29) is 0 Å². The number of hydrogen-bond acceptors (Lipinski definition) is 0. The zero-order chi connectivity index (χ0) is 9.72. The first kappa shape index (κ1) is 12.1. The van der Waals surface area contributed by atoms with Crippen LogP contribution in [0.2, 0.25) is 17.5 Å². The summed E-state index contributed by atoms with van der Waals surface area (Å²) in [4.78, 5) is 0. The van der Waals surface area contributed by atoms with Gasteiger partial charge in [0.1, 0.15) is 6.71 Å². The van der Waals surface area contributed by atoms with Gasteiger partial charge in [-0.1, -0.05) is 71.8 Å². The van der Waals surface area contributed by atoms with E-state index in [1.807, 2.05) is 0 Å². The monoisotopic (exact) mass is 168 g/mol. The van der Waals surface area contributed by atoms with Gasteiger partial charge in [-0.2, -0.15) is 0 Å². The Bertz CT molecular complexity index is 99.6. The Balaban J connectivity index is 4.21. The molecular weight excluding hydrogens is 143 g/mol. The molecule has 1 heteroatoms. The third-order valence-corrected chi connectivity index (χ3v) is 3.37. The molecule has 0 fully saturated rings. The highest BCUT2D eigenvalue weighted by atomic mass is 14.0. The molecule has 0 aliphatic rings. The first-order valence-corrected chi connectivity index (χ1v) is 5.54. The van der Waals surface area contributed by atoms with E-state index in [9.17, 15) is 0 Å². The summed E-state index contributed by atoms with van der Waals surface area (Å²) in [7, 11) is 0. The molecule has 0 saturated carbocycles. The lowest BCUT2D eigenvalue weighted by Gasteiger charge is -2.28. The minimum atomic E-state index is 0.842. The van der Waals surface area contributed by atoms with E-state index in [1.165, 1.54) is 12.8 Å². The van der Waals surface area contributed by atoms with Gasteiger partial charge in [-0.25, -0.2) is 0 Å². The summed E-state index contributed by atoms with van der Waals surface area (Å²) in [6.07, 6.45) is 2.65. The molecule has 0 N–H and O–H groups in total. The van der Waals surface area contributed by atoms with Gasteiger partial charge < -0.3 is 0 Å². The fourth-order valence-corrected chi connectivity index (χ4v) is 2.42. The van der Waals surface area contributed by atoms with Crippen molar-refractivity contribution < 1.29 is 0 Å². The second kappa shape index (κ2) is 5.67. The molecule has 0 aliphatic heterocycles. The zero-order valence-electron chi connectivity index (χ0n) is 9.72. The standard InChI is InChI=1S/C11H25B/c1-7-10(5)12(9(3)4)11(6)8-2/h9-11H,7-8H2,1-6H3. The lowest BCUT2D eigenvalue weighted by Crippen LogP contribution is -2.26. The number of rotatable bonds is 5. The fraction of sp³-hybridized carbons (Fsp3) is 1.00. The van der Waals surface area contributed by atoms with Crippen LogP contribution in [0.5, 0.6) is 0 Å². The summed E-state index contributed by atoms with van der Waals surface area (Å²) in [5.74, 6) is 2.62. The highest BCUT2D eigenvalue weighted by molar-refractivity contribution is 6.63. The quantitative estimate of drug-likeness (QED) is 0.530. The van der Waals surface area contributed by atoms with Gasteiger partial charge in [-0.3, -0.25) is 0 Å². The van der Waals surface area contributed by atoms with Crippen LogP contribution < -0.4 is 0 Å². The molecule has 12 heavy (non-hydrogen) atoms. The van der Waals surface area contributed by atoms with Gasteiger partial charge in [0.05, 0.1) is 0 Å². The van der Waals surface area contributed by atoms with Crippen molar-refractivity contribution in [2.24, 2.45) is 0 Å². The van der Waals surface area contributed by atoms with Gasteiger partial charge in [0.25, 0.3) is 0 Å². The molecule has 0 aromatic heterocycles. The molecule has 2 unspecified atom stereocenters. The molecule has 0 nitrogen and oxygen atoms in total. The topological polar surface area (TPSA) is 0 Å².